The highest BCUT2D eigenvalue weighted by atomic mass is 32.1. The zero-order valence-electron chi connectivity index (χ0n) is 5.94. The predicted molar refractivity (Wildman–Crippen MR) is 44.7 cm³/mol. The molecule has 0 radical (unpaired) electrons. The van der Waals surface area contributed by atoms with E-state index in [1.165, 1.54) is 22.5 Å². The van der Waals surface area contributed by atoms with Crippen molar-refractivity contribution < 1.29 is 0 Å². The highest BCUT2D eigenvalue weighted by Gasteiger charge is 2.02. The third-order valence-electron chi connectivity index (χ3n) is 1.81. The Balaban J connectivity index is 2.83. The zero-order valence-corrected chi connectivity index (χ0v) is 6.83. The van der Waals surface area contributed by atoms with E-state index in [-0.39, 0.29) is 0 Å². The molecule has 0 aromatic rings. The van der Waals surface area contributed by atoms with Crippen LogP contribution in [0.25, 0.3) is 0 Å². The SMILES string of the molecule is CC1=C(C)CCC(S)=C1. The standard InChI is InChI=1S/C8H12S/c1-6-3-4-8(9)5-7(6)2/h5,9H,3-4H2,1-2H3. The van der Waals surface area contributed by atoms with Crippen molar-refractivity contribution in [1.29, 1.82) is 0 Å². The van der Waals surface area contributed by atoms with E-state index in [4.69, 9.17) is 0 Å². The monoisotopic (exact) mass is 140 g/mol. The Labute approximate surface area is 62.1 Å². The maximum atomic E-state index is 4.29. The van der Waals surface area contributed by atoms with Crippen molar-refractivity contribution in [2.75, 3.05) is 0 Å². The first-order valence-electron chi connectivity index (χ1n) is 3.26. The third-order valence-corrected chi connectivity index (χ3v) is 2.17. The van der Waals surface area contributed by atoms with Gasteiger partial charge >= 0.3 is 0 Å². The molecule has 50 valence electrons. The molecule has 0 heterocycles. The van der Waals surface area contributed by atoms with Gasteiger partial charge in [0.25, 0.3) is 0 Å². The minimum Gasteiger partial charge on any atom is -0.148 e. The number of allylic oxidation sites excluding steroid dienone is 4. The molecule has 0 fully saturated rings. The average molecular weight is 140 g/mol. The molecule has 9 heavy (non-hydrogen) atoms. The van der Waals surface area contributed by atoms with Crippen LogP contribution in [0.2, 0.25) is 0 Å². The molecule has 1 aliphatic rings. The lowest BCUT2D eigenvalue weighted by atomic mass is 10.0. The summed E-state index contributed by atoms with van der Waals surface area (Å²) >= 11 is 4.29. The molecular formula is C8H12S. The fourth-order valence-corrected chi connectivity index (χ4v) is 1.26. The summed E-state index contributed by atoms with van der Waals surface area (Å²) in [5, 5.41) is 0. The number of thiol groups is 1. The van der Waals surface area contributed by atoms with Crippen LogP contribution in [-0.2, 0) is 0 Å². The Morgan fingerprint density at radius 3 is 2.44 bits per heavy atom. The van der Waals surface area contributed by atoms with Gasteiger partial charge in [-0.3, -0.25) is 0 Å². The number of rotatable bonds is 0. The topological polar surface area (TPSA) is 0 Å². The number of hydrogen-bond acceptors (Lipinski definition) is 1. The second-order valence-corrected chi connectivity index (χ2v) is 3.17. The van der Waals surface area contributed by atoms with Crippen LogP contribution in [0, 0.1) is 0 Å². The van der Waals surface area contributed by atoms with Crippen LogP contribution in [0.4, 0.5) is 0 Å². The lowest BCUT2D eigenvalue weighted by molar-refractivity contribution is 0.929. The van der Waals surface area contributed by atoms with Gasteiger partial charge in [0.05, 0.1) is 0 Å². The summed E-state index contributed by atoms with van der Waals surface area (Å²) < 4.78 is 0. The molecule has 0 saturated carbocycles. The molecule has 1 rings (SSSR count). The molecule has 1 aliphatic carbocycles. The van der Waals surface area contributed by atoms with Gasteiger partial charge in [0.1, 0.15) is 0 Å². The van der Waals surface area contributed by atoms with Gasteiger partial charge in [0, 0.05) is 0 Å². The van der Waals surface area contributed by atoms with Crippen molar-refractivity contribution >= 4 is 12.6 Å². The second kappa shape index (κ2) is 2.61. The highest BCUT2D eigenvalue weighted by Crippen LogP contribution is 2.24. The Kier molecular flexibility index (Phi) is 2.01. The van der Waals surface area contributed by atoms with E-state index in [2.05, 4.69) is 32.6 Å². The van der Waals surface area contributed by atoms with Crippen molar-refractivity contribution in [3.05, 3.63) is 22.1 Å². The largest absolute Gasteiger partial charge is 0.148 e. The van der Waals surface area contributed by atoms with E-state index < -0.39 is 0 Å². The fourth-order valence-electron chi connectivity index (χ4n) is 0.958. The lowest BCUT2D eigenvalue weighted by Gasteiger charge is -2.10. The molecule has 0 aliphatic heterocycles. The van der Waals surface area contributed by atoms with Gasteiger partial charge in [0.15, 0.2) is 0 Å². The molecule has 0 spiro atoms. The van der Waals surface area contributed by atoms with E-state index in [9.17, 15) is 0 Å². The van der Waals surface area contributed by atoms with Crippen LogP contribution in [0.15, 0.2) is 22.1 Å². The Bertz CT molecular complexity index is 175. The fraction of sp³-hybridized carbons (Fsp3) is 0.500. The van der Waals surface area contributed by atoms with E-state index in [0.717, 1.165) is 6.42 Å². The predicted octanol–water partition coefficient (Wildman–Crippen LogP) is 2.93. The van der Waals surface area contributed by atoms with Crippen LogP contribution in [0.5, 0.6) is 0 Å². The van der Waals surface area contributed by atoms with Crippen molar-refractivity contribution in [3.63, 3.8) is 0 Å². The first-order valence-corrected chi connectivity index (χ1v) is 3.71. The van der Waals surface area contributed by atoms with Gasteiger partial charge in [0.2, 0.25) is 0 Å². The van der Waals surface area contributed by atoms with Gasteiger partial charge in [-0.05, 0) is 31.6 Å². The molecule has 0 amide bonds. The summed E-state index contributed by atoms with van der Waals surface area (Å²) in [6.07, 6.45) is 4.48. The van der Waals surface area contributed by atoms with Crippen molar-refractivity contribution in [2.45, 2.75) is 26.7 Å². The van der Waals surface area contributed by atoms with Crippen LogP contribution in [0.1, 0.15) is 26.7 Å². The normalized spacial score (nSPS) is 20.1. The minimum atomic E-state index is 1.13. The quantitative estimate of drug-likeness (QED) is 0.491. The third kappa shape index (κ3) is 1.62. The maximum Gasteiger partial charge on any atom is -0.0178 e. The summed E-state index contributed by atoms with van der Waals surface area (Å²) in [6, 6.07) is 0. The van der Waals surface area contributed by atoms with Gasteiger partial charge < -0.3 is 0 Å². The molecule has 0 atom stereocenters. The summed E-state index contributed by atoms with van der Waals surface area (Å²) in [4.78, 5) is 1.22. The molecular weight excluding hydrogens is 128 g/mol. The van der Waals surface area contributed by atoms with Crippen molar-refractivity contribution in [1.82, 2.24) is 0 Å². The summed E-state index contributed by atoms with van der Waals surface area (Å²) in [6.45, 7) is 4.33. The average Bonchev–Trinajstić information content (AvgIpc) is 1.80. The maximum absolute atomic E-state index is 4.29. The summed E-state index contributed by atoms with van der Waals surface area (Å²) in [5.41, 5.74) is 2.90. The molecule has 0 N–H and O–H groups in total. The van der Waals surface area contributed by atoms with Crippen molar-refractivity contribution in [3.8, 4) is 0 Å². The lowest BCUT2D eigenvalue weighted by Crippen LogP contribution is -1.89. The molecule has 0 saturated heterocycles. The van der Waals surface area contributed by atoms with Crippen LogP contribution >= 0.6 is 12.6 Å². The Morgan fingerprint density at radius 2 is 2.00 bits per heavy atom. The zero-order chi connectivity index (χ0) is 6.85. The highest BCUT2D eigenvalue weighted by molar-refractivity contribution is 7.84. The van der Waals surface area contributed by atoms with Gasteiger partial charge in [-0.15, -0.1) is 12.6 Å². The van der Waals surface area contributed by atoms with Gasteiger partial charge in [-0.1, -0.05) is 17.2 Å². The van der Waals surface area contributed by atoms with E-state index in [0.29, 0.717) is 0 Å². The minimum absolute atomic E-state index is 1.13. The molecule has 0 aromatic carbocycles. The Morgan fingerprint density at radius 1 is 1.33 bits per heavy atom. The molecule has 0 unspecified atom stereocenters. The van der Waals surface area contributed by atoms with E-state index in [1.54, 1.807) is 0 Å². The summed E-state index contributed by atoms with van der Waals surface area (Å²) in [5.74, 6) is 0. The molecule has 0 aromatic heterocycles. The van der Waals surface area contributed by atoms with Crippen LogP contribution < -0.4 is 0 Å². The molecule has 0 bridgehead atoms. The first kappa shape index (κ1) is 6.94. The van der Waals surface area contributed by atoms with Crippen LogP contribution in [-0.4, -0.2) is 0 Å². The second-order valence-electron chi connectivity index (χ2n) is 2.60. The first-order chi connectivity index (χ1) is 4.20. The van der Waals surface area contributed by atoms with Gasteiger partial charge in [-0.25, -0.2) is 0 Å². The van der Waals surface area contributed by atoms with Gasteiger partial charge in [-0.2, -0.15) is 0 Å². The smallest absolute Gasteiger partial charge is 0.0178 e. The summed E-state index contributed by atoms with van der Waals surface area (Å²) in [7, 11) is 0. The van der Waals surface area contributed by atoms with Crippen molar-refractivity contribution in [2.24, 2.45) is 0 Å². The van der Waals surface area contributed by atoms with Crippen LogP contribution in [0.3, 0.4) is 0 Å². The Hall–Kier alpha value is -0.170. The number of hydrogen-bond donors (Lipinski definition) is 1. The van der Waals surface area contributed by atoms with E-state index in [1.807, 2.05) is 0 Å². The molecule has 0 nitrogen and oxygen atoms in total. The molecule has 1 heteroatoms. The van der Waals surface area contributed by atoms with E-state index >= 15 is 0 Å².